The van der Waals surface area contributed by atoms with Crippen molar-refractivity contribution in [3.63, 3.8) is 0 Å². The molecule has 1 amide bonds. The number of nitrogens with one attached hydrogen (secondary N) is 1. The van der Waals surface area contributed by atoms with E-state index in [1.54, 1.807) is 19.5 Å². The van der Waals surface area contributed by atoms with Gasteiger partial charge in [0.15, 0.2) is 5.16 Å². The Morgan fingerprint density at radius 3 is 3.10 bits per heavy atom. The van der Waals surface area contributed by atoms with E-state index in [-0.39, 0.29) is 17.6 Å². The van der Waals surface area contributed by atoms with Crippen molar-refractivity contribution in [3.05, 3.63) is 46.5 Å². The van der Waals surface area contributed by atoms with Gasteiger partial charge in [0.25, 0.3) is 0 Å². The number of furan rings is 1. The van der Waals surface area contributed by atoms with E-state index in [2.05, 4.69) is 15.5 Å². The van der Waals surface area contributed by atoms with Crippen molar-refractivity contribution in [1.29, 1.82) is 0 Å². The van der Waals surface area contributed by atoms with Crippen LogP contribution in [-0.2, 0) is 28.9 Å². The lowest BCUT2D eigenvalue weighted by Gasteiger charge is -2.08. The van der Waals surface area contributed by atoms with Gasteiger partial charge < -0.3 is 19.0 Å². The first kappa shape index (κ1) is 19.7. The molecule has 0 saturated carbocycles. The Bertz CT molecular complexity index is 1010. The summed E-state index contributed by atoms with van der Waals surface area (Å²) >= 11 is 2.76. The van der Waals surface area contributed by atoms with Gasteiger partial charge in [0.2, 0.25) is 5.91 Å². The van der Waals surface area contributed by atoms with Crippen molar-refractivity contribution in [2.45, 2.75) is 37.9 Å². The molecule has 3 aromatic heterocycles. The number of aromatic nitrogens is 3. The molecule has 1 aliphatic carbocycles. The lowest BCUT2D eigenvalue weighted by atomic mass is 10.1. The highest BCUT2D eigenvalue weighted by atomic mass is 32.2. The monoisotopic (exact) mass is 432 g/mol. The molecular weight excluding hydrogens is 412 g/mol. The smallest absolute Gasteiger partial charge is 0.341 e. The lowest BCUT2D eigenvalue weighted by molar-refractivity contribution is -0.113. The minimum atomic E-state index is -0.368. The van der Waals surface area contributed by atoms with Crippen molar-refractivity contribution >= 4 is 40.0 Å². The van der Waals surface area contributed by atoms with Gasteiger partial charge in [0.1, 0.15) is 17.1 Å². The van der Waals surface area contributed by atoms with Crippen LogP contribution >= 0.6 is 23.1 Å². The first-order chi connectivity index (χ1) is 14.2. The fourth-order valence-electron chi connectivity index (χ4n) is 3.24. The van der Waals surface area contributed by atoms with Gasteiger partial charge in [-0.2, -0.15) is 0 Å². The van der Waals surface area contributed by atoms with Gasteiger partial charge in [0, 0.05) is 4.88 Å². The van der Waals surface area contributed by atoms with Crippen LogP contribution in [-0.4, -0.2) is 39.0 Å². The first-order valence-electron chi connectivity index (χ1n) is 9.30. The largest absolute Gasteiger partial charge is 0.467 e. The van der Waals surface area contributed by atoms with E-state index in [1.165, 1.54) is 23.1 Å². The molecule has 0 spiro atoms. The number of esters is 1. The summed E-state index contributed by atoms with van der Waals surface area (Å²) in [6.07, 6.45) is 6.03. The second-order valence-corrected chi connectivity index (χ2v) is 8.49. The van der Waals surface area contributed by atoms with Crippen molar-refractivity contribution in [2.75, 3.05) is 17.7 Å². The van der Waals surface area contributed by atoms with Gasteiger partial charge in [-0.3, -0.25) is 4.79 Å². The molecule has 8 nitrogen and oxygen atoms in total. The molecule has 0 atom stereocenters. The molecule has 3 aromatic rings. The molecule has 1 N–H and O–H groups in total. The number of ether oxygens (including phenoxy) is 1. The summed E-state index contributed by atoms with van der Waals surface area (Å²) in [6.45, 7) is 2.57. The number of aryl methyl sites for hydroxylation is 1. The third kappa shape index (κ3) is 4.38. The summed E-state index contributed by atoms with van der Waals surface area (Å²) in [7, 11) is 0. The second-order valence-electron chi connectivity index (χ2n) is 6.44. The molecule has 0 fully saturated rings. The Morgan fingerprint density at radius 1 is 1.41 bits per heavy atom. The number of carbonyl (C=O) groups is 2. The Hall–Kier alpha value is -2.59. The van der Waals surface area contributed by atoms with Crippen LogP contribution in [0, 0.1) is 0 Å². The molecule has 10 heteroatoms. The number of anilines is 1. The molecule has 0 saturated heterocycles. The van der Waals surface area contributed by atoms with E-state index in [0.29, 0.717) is 28.9 Å². The van der Waals surface area contributed by atoms with E-state index in [0.717, 1.165) is 35.5 Å². The molecule has 29 heavy (non-hydrogen) atoms. The summed E-state index contributed by atoms with van der Waals surface area (Å²) in [5, 5.41) is 12.1. The van der Waals surface area contributed by atoms with E-state index >= 15 is 0 Å². The topological polar surface area (TPSA) is 99.2 Å². The molecule has 0 unspecified atom stereocenters. The predicted molar refractivity (Wildman–Crippen MR) is 109 cm³/mol. The number of amides is 1. The number of hydrogen-bond donors (Lipinski definition) is 1. The van der Waals surface area contributed by atoms with Gasteiger partial charge in [-0.05, 0) is 43.9 Å². The first-order valence-corrected chi connectivity index (χ1v) is 11.1. The highest BCUT2D eigenvalue weighted by Gasteiger charge is 2.28. The second kappa shape index (κ2) is 8.83. The van der Waals surface area contributed by atoms with E-state index in [4.69, 9.17) is 9.15 Å². The van der Waals surface area contributed by atoms with Gasteiger partial charge in [-0.15, -0.1) is 21.5 Å². The van der Waals surface area contributed by atoms with Gasteiger partial charge in [-0.1, -0.05) is 11.8 Å². The summed E-state index contributed by atoms with van der Waals surface area (Å²) in [5.41, 5.74) is 1.54. The zero-order chi connectivity index (χ0) is 20.2. The molecule has 1 aliphatic rings. The van der Waals surface area contributed by atoms with Crippen molar-refractivity contribution in [3.8, 4) is 0 Å². The predicted octanol–water partition coefficient (Wildman–Crippen LogP) is 3.38. The van der Waals surface area contributed by atoms with Crippen molar-refractivity contribution in [1.82, 2.24) is 14.8 Å². The minimum Gasteiger partial charge on any atom is -0.467 e. The Labute approximate surface area is 175 Å². The molecule has 3 heterocycles. The summed E-state index contributed by atoms with van der Waals surface area (Å²) in [5.74, 6) is 0.367. The van der Waals surface area contributed by atoms with Crippen molar-refractivity contribution in [2.24, 2.45) is 0 Å². The molecule has 4 rings (SSSR count). The van der Waals surface area contributed by atoms with Crippen LogP contribution in [0.1, 0.15) is 39.9 Å². The molecule has 0 aromatic carbocycles. The standard InChI is InChI=1S/C19H20N4O4S2/c1-2-26-18(25)16-13-6-3-7-14(13)29-17(16)21-15(24)10-28-19-22-20-11-23(19)9-12-5-4-8-27-12/h4-5,8,11H,2-3,6-7,9-10H2,1H3,(H,21,24). The summed E-state index contributed by atoms with van der Waals surface area (Å²) < 4.78 is 12.4. The van der Waals surface area contributed by atoms with Crippen LogP contribution in [0.3, 0.4) is 0 Å². The van der Waals surface area contributed by atoms with Crippen LogP contribution < -0.4 is 5.32 Å². The van der Waals surface area contributed by atoms with Crippen LogP contribution in [0.25, 0.3) is 0 Å². The Kier molecular flexibility index (Phi) is 6.00. The zero-order valence-electron chi connectivity index (χ0n) is 15.8. The van der Waals surface area contributed by atoms with Gasteiger partial charge >= 0.3 is 5.97 Å². The number of fused-ring (bicyclic) bond motifs is 1. The van der Waals surface area contributed by atoms with E-state index < -0.39 is 0 Å². The highest BCUT2D eigenvalue weighted by Crippen LogP contribution is 2.39. The third-order valence-electron chi connectivity index (χ3n) is 4.47. The SMILES string of the molecule is CCOC(=O)c1c(NC(=O)CSc2nncn2Cc2ccco2)sc2c1CCC2. The third-order valence-corrected chi connectivity index (χ3v) is 6.66. The quantitative estimate of drug-likeness (QED) is 0.430. The fourth-order valence-corrected chi connectivity index (χ4v) is 5.25. The average molecular weight is 433 g/mol. The highest BCUT2D eigenvalue weighted by molar-refractivity contribution is 7.99. The number of nitrogens with zero attached hydrogens (tertiary/aromatic N) is 3. The Morgan fingerprint density at radius 2 is 2.31 bits per heavy atom. The number of carbonyl (C=O) groups excluding carboxylic acids is 2. The fraction of sp³-hybridized carbons (Fsp3) is 0.368. The maximum Gasteiger partial charge on any atom is 0.341 e. The molecule has 0 radical (unpaired) electrons. The number of thioether (sulfide) groups is 1. The summed E-state index contributed by atoms with van der Waals surface area (Å²) in [4.78, 5) is 26.1. The minimum absolute atomic E-state index is 0.154. The van der Waals surface area contributed by atoms with E-state index in [1.807, 2.05) is 16.7 Å². The number of rotatable bonds is 8. The van der Waals surface area contributed by atoms with Crippen LogP contribution in [0.15, 0.2) is 34.3 Å². The van der Waals surface area contributed by atoms with Crippen LogP contribution in [0.4, 0.5) is 5.00 Å². The normalized spacial score (nSPS) is 12.7. The zero-order valence-corrected chi connectivity index (χ0v) is 17.5. The molecular formula is C19H20N4O4S2. The maximum absolute atomic E-state index is 12.5. The summed E-state index contributed by atoms with van der Waals surface area (Å²) in [6, 6.07) is 3.69. The Balaban J connectivity index is 1.41. The van der Waals surface area contributed by atoms with Gasteiger partial charge in [-0.25, -0.2) is 4.79 Å². The molecule has 0 aliphatic heterocycles. The van der Waals surface area contributed by atoms with Crippen LogP contribution in [0.5, 0.6) is 0 Å². The molecule has 152 valence electrons. The average Bonchev–Trinajstić information content (AvgIpc) is 3.46. The molecule has 0 bridgehead atoms. The van der Waals surface area contributed by atoms with E-state index in [9.17, 15) is 9.59 Å². The maximum atomic E-state index is 12.5. The van der Waals surface area contributed by atoms with Crippen LogP contribution in [0.2, 0.25) is 0 Å². The lowest BCUT2D eigenvalue weighted by Crippen LogP contribution is -2.17. The van der Waals surface area contributed by atoms with Gasteiger partial charge in [0.05, 0.1) is 30.7 Å². The number of thiophene rings is 1. The van der Waals surface area contributed by atoms with Crippen molar-refractivity contribution < 1.29 is 18.7 Å². The number of hydrogen-bond acceptors (Lipinski definition) is 8.